The van der Waals surface area contributed by atoms with Crippen LogP contribution in [-0.4, -0.2) is 11.8 Å². The number of rotatable bonds is 1. The van der Waals surface area contributed by atoms with Crippen molar-refractivity contribution < 1.29 is 8.98 Å². The maximum atomic E-state index is 6.17. The Bertz CT molecular complexity index is 1040. The third-order valence-corrected chi connectivity index (χ3v) is 5.22. The fraction of sp³-hybridized carbons (Fsp3) is 0.300. The number of fused-ring (bicyclic) bond motifs is 3. The van der Waals surface area contributed by atoms with Crippen LogP contribution < -0.4 is 15.0 Å². The molecule has 1 aliphatic heterocycles. The lowest BCUT2D eigenvalue weighted by Gasteiger charge is -2.26. The van der Waals surface area contributed by atoms with Crippen LogP contribution >= 0.6 is 0 Å². The molecule has 4 rings (SSSR count). The van der Waals surface area contributed by atoms with Crippen molar-refractivity contribution in [2.75, 3.05) is 4.81 Å². The first-order valence-electron chi connectivity index (χ1n) is 8.71. The molecule has 0 spiro atoms. The first kappa shape index (κ1) is 15.9. The summed E-state index contributed by atoms with van der Waals surface area (Å²) in [5, 5.41) is 1.09. The average molecular weight is 332 g/mol. The molecule has 0 aromatic carbocycles. The first-order valence-corrected chi connectivity index (χ1v) is 8.71. The zero-order valence-corrected chi connectivity index (χ0v) is 15.7. The SMILES string of the molecule is CB1c2oc3nc(C)ccc3c2C=C(C)N1c1cc(C)c(C)c[n+]1C. The van der Waals surface area contributed by atoms with Crippen LogP contribution in [0.4, 0.5) is 5.82 Å². The highest BCUT2D eigenvalue weighted by Crippen LogP contribution is 2.29. The molecule has 1 aliphatic rings. The lowest BCUT2D eigenvalue weighted by molar-refractivity contribution is -0.658. The molecule has 5 heteroatoms. The molecule has 0 bridgehead atoms. The number of hydrogen-bond acceptors (Lipinski definition) is 3. The number of allylic oxidation sites excluding steroid dienone is 1. The maximum Gasteiger partial charge on any atom is 0.447 e. The predicted octanol–water partition coefficient (Wildman–Crippen LogP) is 3.29. The molecular weight excluding hydrogens is 309 g/mol. The van der Waals surface area contributed by atoms with E-state index >= 15 is 0 Å². The summed E-state index contributed by atoms with van der Waals surface area (Å²) in [5.74, 6) is 1.17. The van der Waals surface area contributed by atoms with Crippen molar-refractivity contribution in [3.05, 3.63) is 52.5 Å². The van der Waals surface area contributed by atoms with Gasteiger partial charge in [-0.1, -0.05) is 0 Å². The normalized spacial score (nSPS) is 14.1. The second kappa shape index (κ2) is 5.48. The Morgan fingerprint density at radius 2 is 1.88 bits per heavy atom. The number of furan rings is 1. The van der Waals surface area contributed by atoms with Crippen LogP contribution in [0.1, 0.15) is 29.3 Å². The molecule has 0 saturated heterocycles. The molecule has 0 unspecified atom stereocenters. The van der Waals surface area contributed by atoms with E-state index in [2.05, 4.69) is 73.4 Å². The van der Waals surface area contributed by atoms with Crippen molar-refractivity contribution >= 4 is 35.5 Å². The van der Waals surface area contributed by atoms with Gasteiger partial charge < -0.3 is 4.42 Å². The summed E-state index contributed by atoms with van der Waals surface area (Å²) in [5.41, 5.74) is 7.65. The second-order valence-corrected chi connectivity index (χ2v) is 7.13. The van der Waals surface area contributed by atoms with E-state index < -0.39 is 0 Å². The molecular formula is C20H23BN3O+. The van der Waals surface area contributed by atoms with Crippen LogP contribution in [0.5, 0.6) is 0 Å². The standard InChI is InChI=1S/C20H23BN3O/c1-12-9-18(23(6)11-13(12)2)24-15(4)10-17-16-8-7-14(3)22-20(16)25-19(17)21(24)5/h7-11H,1-6H3/q+1. The Hall–Kier alpha value is -2.56. The van der Waals surface area contributed by atoms with Gasteiger partial charge in [0.15, 0.2) is 0 Å². The monoisotopic (exact) mass is 332 g/mol. The van der Waals surface area contributed by atoms with Gasteiger partial charge in [-0.25, -0.2) is 9.55 Å². The second-order valence-electron chi connectivity index (χ2n) is 7.13. The molecule has 3 aromatic rings. The summed E-state index contributed by atoms with van der Waals surface area (Å²) in [6, 6.07) is 6.41. The highest BCUT2D eigenvalue weighted by Gasteiger charge is 2.40. The molecule has 0 radical (unpaired) electrons. The summed E-state index contributed by atoms with van der Waals surface area (Å²) >= 11 is 0. The fourth-order valence-electron chi connectivity index (χ4n) is 3.75. The molecule has 126 valence electrons. The van der Waals surface area contributed by atoms with E-state index in [0.717, 1.165) is 28.0 Å². The number of pyridine rings is 2. The van der Waals surface area contributed by atoms with Gasteiger partial charge in [-0.2, -0.15) is 0 Å². The average Bonchev–Trinajstić information content (AvgIpc) is 2.90. The summed E-state index contributed by atoms with van der Waals surface area (Å²) in [7, 11) is 2.10. The van der Waals surface area contributed by atoms with Gasteiger partial charge >= 0.3 is 6.85 Å². The van der Waals surface area contributed by atoms with Crippen molar-refractivity contribution in [3.8, 4) is 0 Å². The molecule has 25 heavy (non-hydrogen) atoms. The molecule has 4 nitrogen and oxygen atoms in total. The van der Waals surface area contributed by atoms with Crippen LogP contribution in [0.3, 0.4) is 0 Å². The van der Waals surface area contributed by atoms with Gasteiger partial charge in [0.2, 0.25) is 5.71 Å². The van der Waals surface area contributed by atoms with Crippen LogP contribution in [-0.2, 0) is 7.05 Å². The lowest BCUT2D eigenvalue weighted by Crippen LogP contribution is -2.52. The van der Waals surface area contributed by atoms with Gasteiger partial charge in [-0.3, -0.25) is 4.81 Å². The van der Waals surface area contributed by atoms with Crippen LogP contribution in [0.2, 0.25) is 6.82 Å². The number of nitrogens with zero attached hydrogens (tertiary/aromatic N) is 3. The number of anilines is 1. The molecule has 3 aromatic heterocycles. The van der Waals surface area contributed by atoms with Gasteiger partial charge in [-0.05, 0) is 63.9 Å². The Kier molecular flexibility index (Phi) is 3.49. The van der Waals surface area contributed by atoms with Gasteiger partial charge in [0, 0.05) is 22.7 Å². The van der Waals surface area contributed by atoms with Crippen molar-refractivity contribution in [2.24, 2.45) is 7.05 Å². The number of aromatic nitrogens is 2. The number of aryl methyl sites for hydroxylation is 4. The topological polar surface area (TPSA) is 33.2 Å². The van der Waals surface area contributed by atoms with Gasteiger partial charge in [0.1, 0.15) is 5.66 Å². The molecule has 0 N–H and O–H groups in total. The van der Waals surface area contributed by atoms with E-state index in [1.165, 1.54) is 22.6 Å². The van der Waals surface area contributed by atoms with Gasteiger partial charge in [0.05, 0.1) is 18.9 Å². The molecule has 4 heterocycles. The molecule has 0 saturated carbocycles. The van der Waals surface area contributed by atoms with E-state index in [0.29, 0.717) is 0 Å². The summed E-state index contributed by atoms with van der Waals surface area (Å²) in [6.07, 6.45) is 4.40. The highest BCUT2D eigenvalue weighted by molar-refractivity contribution is 6.76. The van der Waals surface area contributed by atoms with E-state index in [-0.39, 0.29) is 6.85 Å². The van der Waals surface area contributed by atoms with E-state index in [1.54, 1.807) is 0 Å². The number of hydrogen-bond donors (Lipinski definition) is 0. The maximum absolute atomic E-state index is 6.17. The Balaban J connectivity index is 1.90. The van der Waals surface area contributed by atoms with E-state index in [9.17, 15) is 0 Å². The highest BCUT2D eigenvalue weighted by atomic mass is 16.3. The zero-order valence-electron chi connectivity index (χ0n) is 15.7. The van der Waals surface area contributed by atoms with Gasteiger partial charge in [-0.15, -0.1) is 0 Å². The molecule has 0 atom stereocenters. The zero-order chi connectivity index (χ0) is 17.9. The smallest absolute Gasteiger partial charge is 0.447 e. The Morgan fingerprint density at radius 3 is 2.64 bits per heavy atom. The summed E-state index contributed by atoms with van der Waals surface area (Å²) < 4.78 is 8.36. The first-order chi connectivity index (χ1) is 11.9. The van der Waals surface area contributed by atoms with Crippen LogP contribution in [0, 0.1) is 20.8 Å². The Morgan fingerprint density at radius 1 is 1.12 bits per heavy atom. The predicted molar refractivity (Wildman–Crippen MR) is 103 cm³/mol. The van der Waals surface area contributed by atoms with Crippen molar-refractivity contribution in [3.63, 3.8) is 0 Å². The van der Waals surface area contributed by atoms with Crippen molar-refractivity contribution in [2.45, 2.75) is 34.5 Å². The van der Waals surface area contributed by atoms with Gasteiger partial charge in [0.25, 0.3) is 5.82 Å². The third kappa shape index (κ3) is 2.37. The van der Waals surface area contributed by atoms with Crippen molar-refractivity contribution in [1.82, 2.24) is 4.98 Å². The minimum atomic E-state index is 0.114. The summed E-state index contributed by atoms with van der Waals surface area (Å²) in [6.45, 7) is 10.8. The largest absolute Gasteiger partial charge is 0.447 e. The lowest BCUT2D eigenvalue weighted by atomic mass is 9.57. The summed E-state index contributed by atoms with van der Waals surface area (Å²) in [4.78, 5) is 6.90. The van der Waals surface area contributed by atoms with E-state index in [1.807, 2.05) is 13.0 Å². The fourth-order valence-corrected chi connectivity index (χ4v) is 3.75. The van der Waals surface area contributed by atoms with E-state index in [4.69, 9.17) is 4.42 Å². The molecule has 0 aliphatic carbocycles. The van der Waals surface area contributed by atoms with Crippen LogP contribution in [0.15, 0.2) is 34.5 Å². The molecule has 0 fully saturated rings. The minimum Gasteiger partial charge on any atom is -0.447 e. The van der Waals surface area contributed by atoms with Crippen molar-refractivity contribution in [1.29, 1.82) is 0 Å². The quantitative estimate of drug-likeness (QED) is 0.506. The molecule has 0 amide bonds. The Labute approximate surface area is 148 Å². The third-order valence-electron chi connectivity index (χ3n) is 5.22. The minimum absolute atomic E-state index is 0.114. The van der Waals surface area contributed by atoms with Crippen LogP contribution in [0.25, 0.3) is 17.2 Å².